The summed E-state index contributed by atoms with van der Waals surface area (Å²) in [7, 11) is 2.25. The lowest BCUT2D eigenvalue weighted by Gasteiger charge is -2.25. The van der Waals surface area contributed by atoms with Gasteiger partial charge in [-0.2, -0.15) is 0 Å². The highest BCUT2D eigenvalue weighted by Gasteiger charge is 2.29. The molecule has 0 aromatic rings. The average Bonchev–Trinajstić information content (AvgIpc) is 3.16. The van der Waals surface area contributed by atoms with E-state index in [-0.39, 0.29) is 29.6 Å². The molecule has 1 aliphatic carbocycles. The molecule has 0 aromatic carbocycles. The number of aliphatic imine (C=N–C) groups is 1. The van der Waals surface area contributed by atoms with Gasteiger partial charge in [-0.05, 0) is 46.6 Å². The summed E-state index contributed by atoms with van der Waals surface area (Å²) in [5.74, 6) is 0.916. The summed E-state index contributed by atoms with van der Waals surface area (Å²) in [5, 5.41) is 6.79. The van der Waals surface area contributed by atoms with Crippen LogP contribution in [0.2, 0.25) is 0 Å². The normalized spacial score (nSPS) is 25.7. The van der Waals surface area contributed by atoms with Crippen molar-refractivity contribution in [1.29, 1.82) is 0 Å². The minimum atomic E-state index is -0.0665. The number of guanidine groups is 1. The summed E-state index contributed by atoms with van der Waals surface area (Å²) in [4.78, 5) is 7.20. The standard InChI is InChI=1S/C17H34N4O.HI/c1-4-18-16(20-14-17(2)10-7-13-22-17)19-11-12-21(3)15-8-5-6-9-15;/h15H,4-14H2,1-3H3,(H2,18,19,20);1H. The van der Waals surface area contributed by atoms with Gasteiger partial charge in [0.05, 0.1) is 12.1 Å². The van der Waals surface area contributed by atoms with Crippen LogP contribution in [0.25, 0.3) is 0 Å². The van der Waals surface area contributed by atoms with Crippen molar-refractivity contribution < 1.29 is 4.74 Å². The number of ether oxygens (including phenoxy) is 1. The topological polar surface area (TPSA) is 48.9 Å². The number of nitrogens with one attached hydrogen (secondary N) is 2. The second-order valence-electron chi connectivity index (χ2n) is 6.94. The molecule has 1 heterocycles. The van der Waals surface area contributed by atoms with E-state index in [0.717, 1.165) is 57.6 Å². The van der Waals surface area contributed by atoms with Crippen molar-refractivity contribution in [2.24, 2.45) is 4.99 Å². The molecule has 2 N–H and O–H groups in total. The van der Waals surface area contributed by atoms with E-state index in [4.69, 9.17) is 9.73 Å². The molecule has 0 radical (unpaired) electrons. The predicted octanol–water partition coefficient (Wildman–Crippen LogP) is 2.60. The number of likely N-dealkylation sites (N-methyl/N-ethyl adjacent to an activating group) is 1. The monoisotopic (exact) mass is 438 g/mol. The molecule has 1 unspecified atom stereocenters. The Hall–Kier alpha value is -0.0800. The summed E-state index contributed by atoms with van der Waals surface area (Å²) in [5.41, 5.74) is -0.0665. The third kappa shape index (κ3) is 7.13. The summed E-state index contributed by atoms with van der Waals surface area (Å²) >= 11 is 0. The molecule has 0 bridgehead atoms. The van der Waals surface area contributed by atoms with Crippen molar-refractivity contribution in [2.75, 3.05) is 39.8 Å². The number of nitrogens with zero attached hydrogens (tertiary/aromatic N) is 2. The zero-order valence-corrected chi connectivity index (χ0v) is 17.4. The molecule has 1 atom stereocenters. The van der Waals surface area contributed by atoms with Crippen LogP contribution in [0, 0.1) is 0 Å². The lowest BCUT2D eigenvalue weighted by Crippen LogP contribution is -2.43. The van der Waals surface area contributed by atoms with Crippen LogP contribution in [0.5, 0.6) is 0 Å². The Morgan fingerprint density at radius 3 is 2.61 bits per heavy atom. The van der Waals surface area contributed by atoms with Crippen LogP contribution in [0.15, 0.2) is 4.99 Å². The van der Waals surface area contributed by atoms with Crippen LogP contribution in [0.1, 0.15) is 52.4 Å². The molecular weight excluding hydrogens is 403 g/mol. The van der Waals surface area contributed by atoms with Crippen molar-refractivity contribution in [3.63, 3.8) is 0 Å². The molecule has 136 valence electrons. The Morgan fingerprint density at radius 1 is 1.26 bits per heavy atom. The van der Waals surface area contributed by atoms with Gasteiger partial charge in [0, 0.05) is 32.3 Å². The summed E-state index contributed by atoms with van der Waals surface area (Å²) in [6, 6.07) is 0.784. The first-order valence-electron chi connectivity index (χ1n) is 8.99. The van der Waals surface area contributed by atoms with Crippen LogP contribution >= 0.6 is 24.0 Å². The van der Waals surface area contributed by atoms with Crippen molar-refractivity contribution in [2.45, 2.75) is 64.0 Å². The van der Waals surface area contributed by atoms with Crippen molar-refractivity contribution >= 4 is 29.9 Å². The van der Waals surface area contributed by atoms with Crippen LogP contribution in [-0.2, 0) is 4.74 Å². The van der Waals surface area contributed by atoms with Crippen LogP contribution in [0.4, 0.5) is 0 Å². The first kappa shape index (κ1) is 21.0. The van der Waals surface area contributed by atoms with Gasteiger partial charge in [-0.15, -0.1) is 24.0 Å². The van der Waals surface area contributed by atoms with E-state index in [1.807, 2.05) is 0 Å². The fraction of sp³-hybridized carbons (Fsp3) is 0.941. The fourth-order valence-corrected chi connectivity index (χ4v) is 3.43. The third-order valence-electron chi connectivity index (χ3n) is 4.92. The van der Waals surface area contributed by atoms with Crippen LogP contribution in [0.3, 0.4) is 0 Å². The van der Waals surface area contributed by atoms with Gasteiger partial charge < -0.3 is 20.3 Å². The first-order valence-corrected chi connectivity index (χ1v) is 8.99. The Kier molecular flexibility index (Phi) is 9.77. The van der Waals surface area contributed by atoms with Gasteiger partial charge in [0.25, 0.3) is 0 Å². The third-order valence-corrected chi connectivity index (χ3v) is 4.92. The zero-order valence-electron chi connectivity index (χ0n) is 15.1. The van der Waals surface area contributed by atoms with Gasteiger partial charge in [0.1, 0.15) is 0 Å². The quantitative estimate of drug-likeness (QED) is 0.365. The molecule has 6 heteroatoms. The Bertz CT molecular complexity index is 353. The minimum absolute atomic E-state index is 0. The molecule has 0 spiro atoms. The highest BCUT2D eigenvalue weighted by molar-refractivity contribution is 14.0. The van der Waals surface area contributed by atoms with Crippen molar-refractivity contribution in [3.05, 3.63) is 0 Å². The number of hydrogen-bond donors (Lipinski definition) is 2. The maximum Gasteiger partial charge on any atom is 0.191 e. The minimum Gasteiger partial charge on any atom is -0.373 e. The lowest BCUT2D eigenvalue weighted by atomic mass is 10.0. The number of halogens is 1. The highest BCUT2D eigenvalue weighted by Crippen LogP contribution is 2.25. The number of rotatable bonds is 7. The van der Waals surface area contributed by atoms with E-state index in [2.05, 4.69) is 36.4 Å². The van der Waals surface area contributed by atoms with E-state index in [9.17, 15) is 0 Å². The highest BCUT2D eigenvalue weighted by atomic mass is 127. The SMILES string of the molecule is CCNC(=NCC1(C)CCCO1)NCCN(C)C1CCCC1.I. The smallest absolute Gasteiger partial charge is 0.191 e. The van der Waals surface area contributed by atoms with Crippen LogP contribution < -0.4 is 10.6 Å². The van der Waals surface area contributed by atoms with Gasteiger partial charge >= 0.3 is 0 Å². The molecule has 0 amide bonds. The van der Waals surface area contributed by atoms with E-state index < -0.39 is 0 Å². The molecule has 23 heavy (non-hydrogen) atoms. The van der Waals surface area contributed by atoms with Crippen molar-refractivity contribution in [1.82, 2.24) is 15.5 Å². The fourth-order valence-electron chi connectivity index (χ4n) is 3.43. The average molecular weight is 438 g/mol. The largest absolute Gasteiger partial charge is 0.373 e. The molecule has 2 rings (SSSR count). The van der Waals surface area contributed by atoms with Gasteiger partial charge in [-0.3, -0.25) is 4.99 Å². The molecule has 2 aliphatic rings. The first-order chi connectivity index (χ1) is 10.6. The maximum absolute atomic E-state index is 5.81. The maximum atomic E-state index is 5.81. The van der Waals surface area contributed by atoms with Crippen molar-refractivity contribution in [3.8, 4) is 0 Å². The molecule has 5 nitrogen and oxygen atoms in total. The molecule has 1 aliphatic heterocycles. The molecule has 2 fully saturated rings. The summed E-state index contributed by atoms with van der Waals surface area (Å²) in [6.45, 7) is 8.79. The second kappa shape index (κ2) is 10.7. The van der Waals surface area contributed by atoms with Gasteiger partial charge in [-0.25, -0.2) is 0 Å². The zero-order chi connectivity index (χ0) is 15.8. The van der Waals surface area contributed by atoms with Crippen LogP contribution in [-0.4, -0.2) is 62.3 Å². The number of hydrogen-bond acceptors (Lipinski definition) is 3. The lowest BCUT2D eigenvalue weighted by molar-refractivity contribution is 0.0283. The van der Waals surface area contributed by atoms with E-state index in [1.54, 1.807) is 0 Å². The van der Waals surface area contributed by atoms with Gasteiger partial charge in [0.2, 0.25) is 0 Å². The summed E-state index contributed by atoms with van der Waals surface area (Å²) in [6.07, 6.45) is 7.78. The predicted molar refractivity (Wildman–Crippen MR) is 108 cm³/mol. The molecule has 1 saturated heterocycles. The molecular formula is C17H35IN4O. The Balaban J connectivity index is 0.00000264. The Labute approximate surface area is 159 Å². The van der Waals surface area contributed by atoms with Gasteiger partial charge in [0.15, 0.2) is 5.96 Å². The summed E-state index contributed by atoms with van der Waals surface area (Å²) < 4.78 is 5.81. The second-order valence-corrected chi connectivity index (χ2v) is 6.94. The van der Waals surface area contributed by atoms with E-state index >= 15 is 0 Å². The van der Waals surface area contributed by atoms with Gasteiger partial charge in [-0.1, -0.05) is 12.8 Å². The van der Waals surface area contributed by atoms with E-state index in [1.165, 1.54) is 25.7 Å². The Morgan fingerprint density at radius 2 is 2.00 bits per heavy atom. The molecule has 1 saturated carbocycles. The van der Waals surface area contributed by atoms with E-state index in [0.29, 0.717) is 0 Å². The molecule has 0 aromatic heterocycles.